The van der Waals surface area contributed by atoms with Crippen molar-refractivity contribution in [1.82, 2.24) is 0 Å². The molecule has 0 saturated heterocycles. The van der Waals surface area contributed by atoms with Gasteiger partial charge in [0.2, 0.25) is 0 Å². The topological polar surface area (TPSA) is 19.9 Å². The van der Waals surface area contributed by atoms with Crippen molar-refractivity contribution >= 4 is 0 Å². The quantitative estimate of drug-likeness (QED) is 0.463. The minimum Gasteiger partial charge on any atom is -0.236 e. The molecule has 0 aliphatic rings. The van der Waals surface area contributed by atoms with Gasteiger partial charge in [-0.25, -0.2) is 5.11 Å². The third-order valence-electron chi connectivity index (χ3n) is 0.611. The molecule has 0 aromatic heterocycles. The molecule has 0 heterocycles. The zero-order valence-electron chi connectivity index (χ0n) is 4.11. The van der Waals surface area contributed by atoms with Crippen molar-refractivity contribution in [2.75, 3.05) is 6.61 Å². The molecule has 6 heavy (non-hydrogen) atoms. The maximum absolute atomic E-state index is 9.63. The van der Waals surface area contributed by atoms with Crippen LogP contribution in [0.3, 0.4) is 0 Å². The highest BCUT2D eigenvalue weighted by Gasteiger charge is 1.78. The second-order valence-corrected chi connectivity index (χ2v) is 1.24. The molecule has 1 nitrogen and oxygen atoms in total. The van der Waals surface area contributed by atoms with Gasteiger partial charge in [0, 0.05) is 0 Å². The maximum Gasteiger partial charge on any atom is 0.0854 e. The lowest BCUT2D eigenvalue weighted by atomic mass is 10.3. The summed E-state index contributed by atoms with van der Waals surface area (Å²) in [6, 6.07) is 0. The average Bonchev–Trinajstić information content (AvgIpc) is 1.61. The molecule has 0 amide bonds. The van der Waals surface area contributed by atoms with Gasteiger partial charge in [0.05, 0.1) is 6.61 Å². The van der Waals surface area contributed by atoms with Gasteiger partial charge in [0.1, 0.15) is 0 Å². The van der Waals surface area contributed by atoms with Crippen molar-refractivity contribution < 1.29 is 5.11 Å². The van der Waals surface area contributed by atoms with Gasteiger partial charge in [-0.15, -0.1) is 0 Å². The Morgan fingerprint density at radius 2 is 2.33 bits per heavy atom. The van der Waals surface area contributed by atoms with E-state index in [2.05, 4.69) is 6.92 Å². The fourth-order valence-corrected chi connectivity index (χ4v) is 0.287. The van der Waals surface area contributed by atoms with E-state index < -0.39 is 0 Å². The zero-order chi connectivity index (χ0) is 4.83. The van der Waals surface area contributed by atoms with Crippen LogP contribution >= 0.6 is 0 Å². The highest BCUT2D eigenvalue weighted by molar-refractivity contribution is 4.58. The first-order valence-corrected chi connectivity index (χ1v) is 2.31. The molecule has 0 aromatic carbocycles. The summed E-state index contributed by atoms with van der Waals surface area (Å²) >= 11 is 0. The van der Waals surface area contributed by atoms with E-state index in [1.54, 1.807) is 6.42 Å². The van der Waals surface area contributed by atoms with E-state index >= 15 is 0 Å². The Balaban J connectivity index is 2.34. The Bertz CT molecular complexity index is 15.9. The summed E-state index contributed by atoms with van der Waals surface area (Å²) in [4.78, 5) is 0. The molecule has 0 unspecified atom stereocenters. The van der Waals surface area contributed by atoms with E-state index in [-0.39, 0.29) is 6.61 Å². The van der Waals surface area contributed by atoms with Gasteiger partial charge in [0.15, 0.2) is 0 Å². The Morgan fingerprint density at radius 1 is 1.67 bits per heavy atom. The standard InChI is InChI=1S/C5H10O/c1-2-3-4-5-6/h4H,2-3,5H2,1H3. The summed E-state index contributed by atoms with van der Waals surface area (Å²) in [6.07, 6.45) is 3.83. The second kappa shape index (κ2) is 4.96. The number of hydrogen-bond acceptors (Lipinski definition) is 0. The summed E-state index contributed by atoms with van der Waals surface area (Å²) in [7, 11) is 0. The molecule has 2 radical (unpaired) electrons. The van der Waals surface area contributed by atoms with Crippen LogP contribution in [0.2, 0.25) is 0 Å². The molecule has 0 aromatic rings. The van der Waals surface area contributed by atoms with Gasteiger partial charge >= 0.3 is 0 Å². The molecule has 0 rings (SSSR count). The molecule has 0 bridgehead atoms. The molecule has 36 valence electrons. The van der Waals surface area contributed by atoms with Gasteiger partial charge < -0.3 is 0 Å². The molecule has 0 atom stereocenters. The minimum absolute atomic E-state index is 0.0200. The van der Waals surface area contributed by atoms with E-state index in [9.17, 15) is 5.11 Å². The fraction of sp³-hybridized carbons (Fsp3) is 0.800. The third kappa shape index (κ3) is 3.96. The van der Waals surface area contributed by atoms with Crippen molar-refractivity contribution in [1.29, 1.82) is 0 Å². The van der Waals surface area contributed by atoms with Crippen molar-refractivity contribution in [3.8, 4) is 0 Å². The Morgan fingerprint density at radius 3 is 2.50 bits per heavy atom. The summed E-state index contributed by atoms with van der Waals surface area (Å²) in [6.45, 7) is 2.04. The molecular formula is C5H10O. The lowest BCUT2D eigenvalue weighted by Gasteiger charge is -1.83. The highest BCUT2D eigenvalue weighted by atomic mass is 16.2. The minimum atomic E-state index is -0.0200. The monoisotopic (exact) mass is 86.1 g/mol. The van der Waals surface area contributed by atoms with Crippen LogP contribution in [0.1, 0.15) is 19.8 Å². The Hall–Kier alpha value is -0.0400. The van der Waals surface area contributed by atoms with Crippen LogP contribution < -0.4 is 0 Å². The first-order chi connectivity index (χ1) is 2.91. The van der Waals surface area contributed by atoms with Crippen LogP contribution in [-0.4, -0.2) is 6.61 Å². The van der Waals surface area contributed by atoms with Crippen LogP contribution in [-0.2, 0) is 5.11 Å². The predicted molar refractivity (Wildman–Crippen MR) is 24.8 cm³/mol. The summed E-state index contributed by atoms with van der Waals surface area (Å²) in [5, 5.41) is 9.63. The summed E-state index contributed by atoms with van der Waals surface area (Å²) in [5.74, 6) is 0. The first kappa shape index (κ1) is 5.96. The molecule has 0 N–H and O–H groups in total. The van der Waals surface area contributed by atoms with Gasteiger partial charge in [-0.2, -0.15) is 0 Å². The predicted octanol–water partition coefficient (Wildman–Crippen LogP) is 1.42. The Kier molecular flexibility index (Phi) is 4.93. The van der Waals surface area contributed by atoms with Crippen LogP contribution in [0.25, 0.3) is 0 Å². The molecule has 0 aliphatic carbocycles. The van der Waals surface area contributed by atoms with Gasteiger partial charge in [0.25, 0.3) is 0 Å². The second-order valence-electron chi connectivity index (χ2n) is 1.24. The van der Waals surface area contributed by atoms with Crippen LogP contribution in [0.5, 0.6) is 0 Å². The van der Waals surface area contributed by atoms with Gasteiger partial charge in [-0.05, 0) is 12.8 Å². The lowest BCUT2D eigenvalue weighted by Crippen LogP contribution is -1.78. The van der Waals surface area contributed by atoms with Crippen molar-refractivity contribution in [2.45, 2.75) is 19.8 Å². The highest BCUT2D eigenvalue weighted by Crippen LogP contribution is 1.88. The van der Waals surface area contributed by atoms with Gasteiger partial charge in [-0.3, -0.25) is 0 Å². The number of unbranched alkanes of at least 4 members (excludes halogenated alkanes) is 2. The average molecular weight is 86.1 g/mol. The first-order valence-electron chi connectivity index (χ1n) is 2.31. The van der Waals surface area contributed by atoms with Gasteiger partial charge in [-0.1, -0.05) is 13.3 Å². The van der Waals surface area contributed by atoms with Crippen LogP contribution in [0.4, 0.5) is 0 Å². The molecule has 0 saturated carbocycles. The van der Waals surface area contributed by atoms with E-state index in [0.29, 0.717) is 0 Å². The van der Waals surface area contributed by atoms with Crippen molar-refractivity contribution in [3.63, 3.8) is 0 Å². The molecule has 0 aliphatic heterocycles. The van der Waals surface area contributed by atoms with E-state index in [4.69, 9.17) is 0 Å². The maximum atomic E-state index is 9.63. The number of rotatable bonds is 3. The number of hydrogen-bond donors (Lipinski definition) is 0. The molecule has 0 fully saturated rings. The smallest absolute Gasteiger partial charge is 0.0854 e. The summed E-state index contributed by atoms with van der Waals surface area (Å²) < 4.78 is 0. The van der Waals surface area contributed by atoms with Crippen LogP contribution in [0, 0.1) is 6.42 Å². The van der Waals surface area contributed by atoms with E-state index in [0.717, 1.165) is 12.8 Å². The molecular weight excluding hydrogens is 76.1 g/mol. The largest absolute Gasteiger partial charge is 0.236 e. The van der Waals surface area contributed by atoms with Crippen LogP contribution in [0.15, 0.2) is 0 Å². The third-order valence-corrected chi connectivity index (χ3v) is 0.611. The fourth-order valence-electron chi connectivity index (χ4n) is 0.287. The molecule has 0 spiro atoms. The lowest BCUT2D eigenvalue weighted by molar-refractivity contribution is 0.217. The van der Waals surface area contributed by atoms with Crippen molar-refractivity contribution in [3.05, 3.63) is 6.42 Å². The van der Waals surface area contributed by atoms with Crippen molar-refractivity contribution in [2.24, 2.45) is 0 Å². The normalized spacial score (nSPS) is 9.00. The SMILES string of the molecule is CCC[CH]C[O]. The Labute approximate surface area is 39.0 Å². The zero-order valence-corrected chi connectivity index (χ0v) is 4.11. The summed E-state index contributed by atoms with van der Waals surface area (Å²) in [5.41, 5.74) is 0. The molecule has 1 heteroatoms. The van der Waals surface area contributed by atoms with E-state index in [1.807, 2.05) is 0 Å². The van der Waals surface area contributed by atoms with E-state index in [1.165, 1.54) is 0 Å².